The summed E-state index contributed by atoms with van der Waals surface area (Å²) in [4.78, 5) is 29.9. The molecule has 6 heteroatoms. The maximum Gasteiger partial charge on any atom is 0.333 e. The SMILES string of the molecule is COC(=O)C(c1cccc(F)c1)N1Cc2ccc(-c3ccc(C4CCN(C)CC4)cc3)cc2C1=O. The van der Waals surface area contributed by atoms with Gasteiger partial charge in [0.2, 0.25) is 0 Å². The summed E-state index contributed by atoms with van der Waals surface area (Å²) >= 11 is 0. The molecule has 0 saturated carbocycles. The van der Waals surface area contributed by atoms with Crippen molar-refractivity contribution in [1.82, 2.24) is 9.80 Å². The summed E-state index contributed by atoms with van der Waals surface area (Å²) in [5.41, 5.74) is 5.16. The number of likely N-dealkylation sites (tertiary alicyclic amines) is 1. The molecule has 1 saturated heterocycles. The van der Waals surface area contributed by atoms with E-state index in [1.807, 2.05) is 18.2 Å². The predicted octanol–water partition coefficient (Wildman–Crippen LogP) is 5.17. The van der Waals surface area contributed by atoms with E-state index in [1.165, 1.54) is 48.6 Å². The first kappa shape index (κ1) is 23.2. The van der Waals surface area contributed by atoms with E-state index in [2.05, 4.69) is 36.2 Å². The summed E-state index contributed by atoms with van der Waals surface area (Å²) in [5, 5.41) is 0. The minimum Gasteiger partial charge on any atom is -0.467 e. The van der Waals surface area contributed by atoms with Crippen LogP contribution in [0, 0.1) is 5.82 Å². The minimum absolute atomic E-state index is 0.260. The lowest BCUT2D eigenvalue weighted by molar-refractivity contribution is -0.146. The summed E-state index contributed by atoms with van der Waals surface area (Å²) in [6.07, 6.45) is 2.34. The minimum atomic E-state index is -1.01. The number of hydrogen-bond acceptors (Lipinski definition) is 4. The van der Waals surface area contributed by atoms with Crippen molar-refractivity contribution in [3.05, 3.63) is 94.8 Å². The van der Waals surface area contributed by atoms with Gasteiger partial charge in [-0.25, -0.2) is 9.18 Å². The Morgan fingerprint density at radius 2 is 1.71 bits per heavy atom. The lowest BCUT2D eigenvalue weighted by Crippen LogP contribution is -2.35. The molecular weight excluding hydrogens is 443 g/mol. The van der Waals surface area contributed by atoms with Gasteiger partial charge in [0.25, 0.3) is 5.91 Å². The molecule has 0 aromatic heterocycles. The number of halogens is 1. The number of esters is 1. The van der Waals surface area contributed by atoms with Crippen molar-refractivity contribution < 1.29 is 18.7 Å². The molecule has 2 heterocycles. The van der Waals surface area contributed by atoms with Crippen LogP contribution in [0.15, 0.2) is 66.7 Å². The molecule has 5 rings (SSSR count). The molecule has 35 heavy (non-hydrogen) atoms. The third-order valence-electron chi connectivity index (χ3n) is 7.28. The number of piperidine rings is 1. The standard InChI is InChI=1S/C29H29FN2O3/c1-31-14-12-21(13-15-31)19-6-8-20(9-7-19)22-10-11-24-18-32(28(33)26(24)17-22)27(29(34)35-2)23-4-3-5-25(30)16-23/h3-11,16-17,21,27H,12-15,18H2,1-2H3. The molecule has 1 amide bonds. The second-order valence-corrected chi connectivity index (χ2v) is 9.49. The zero-order valence-electron chi connectivity index (χ0n) is 20.0. The molecule has 3 aromatic rings. The average molecular weight is 473 g/mol. The summed E-state index contributed by atoms with van der Waals surface area (Å²) in [7, 11) is 3.44. The summed E-state index contributed by atoms with van der Waals surface area (Å²) in [5.74, 6) is -0.731. The fourth-order valence-corrected chi connectivity index (χ4v) is 5.23. The van der Waals surface area contributed by atoms with E-state index in [0.29, 0.717) is 17.0 Å². The highest BCUT2D eigenvalue weighted by Gasteiger charge is 2.38. The van der Waals surface area contributed by atoms with E-state index < -0.39 is 17.8 Å². The van der Waals surface area contributed by atoms with E-state index in [0.717, 1.165) is 29.8 Å². The van der Waals surface area contributed by atoms with Crippen molar-refractivity contribution in [3.8, 4) is 11.1 Å². The number of fused-ring (bicyclic) bond motifs is 1. The number of methoxy groups -OCH3 is 1. The Morgan fingerprint density at radius 3 is 2.40 bits per heavy atom. The molecule has 0 radical (unpaired) electrons. The molecule has 0 N–H and O–H groups in total. The van der Waals surface area contributed by atoms with Crippen molar-refractivity contribution in [2.24, 2.45) is 0 Å². The van der Waals surface area contributed by atoms with Crippen molar-refractivity contribution in [3.63, 3.8) is 0 Å². The predicted molar refractivity (Wildman–Crippen MR) is 132 cm³/mol. The summed E-state index contributed by atoms with van der Waals surface area (Å²) < 4.78 is 18.9. The average Bonchev–Trinajstić information content (AvgIpc) is 3.20. The van der Waals surface area contributed by atoms with Gasteiger partial charge in [0.15, 0.2) is 6.04 Å². The summed E-state index contributed by atoms with van der Waals surface area (Å²) in [6.45, 7) is 2.51. The number of carbonyl (C=O) groups is 2. The second-order valence-electron chi connectivity index (χ2n) is 9.49. The Balaban J connectivity index is 1.39. The smallest absolute Gasteiger partial charge is 0.333 e. The number of rotatable bonds is 5. The van der Waals surface area contributed by atoms with Gasteiger partial charge < -0.3 is 14.5 Å². The first-order valence-corrected chi connectivity index (χ1v) is 12.0. The van der Waals surface area contributed by atoms with E-state index in [9.17, 15) is 14.0 Å². The maximum absolute atomic E-state index is 13.9. The number of hydrogen-bond donors (Lipinski definition) is 0. The molecule has 1 unspecified atom stereocenters. The van der Waals surface area contributed by atoms with Crippen LogP contribution >= 0.6 is 0 Å². The Labute approximate surface area is 205 Å². The Morgan fingerprint density at radius 1 is 1.00 bits per heavy atom. The van der Waals surface area contributed by atoms with E-state index in [4.69, 9.17) is 4.74 Å². The van der Waals surface area contributed by atoms with Gasteiger partial charge in [-0.1, -0.05) is 48.5 Å². The molecule has 0 spiro atoms. The van der Waals surface area contributed by atoms with Crippen LogP contribution in [-0.2, 0) is 16.1 Å². The van der Waals surface area contributed by atoms with Crippen LogP contribution in [0.5, 0.6) is 0 Å². The Hall–Kier alpha value is -3.51. The van der Waals surface area contributed by atoms with Crippen LogP contribution in [-0.4, -0.2) is 48.9 Å². The second kappa shape index (κ2) is 9.62. The maximum atomic E-state index is 13.9. The van der Waals surface area contributed by atoms with Crippen LogP contribution in [0.25, 0.3) is 11.1 Å². The Kier molecular flexibility index (Phi) is 6.39. The van der Waals surface area contributed by atoms with Crippen LogP contribution in [0.3, 0.4) is 0 Å². The number of carbonyl (C=O) groups excluding carboxylic acids is 2. The molecule has 0 aliphatic carbocycles. The molecule has 0 bridgehead atoms. The number of ether oxygens (including phenoxy) is 1. The van der Waals surface area contributed by atoms with Crippen molar-refractivity contribution in [2.75, 3.05) is 27.2 Å². The topological polar surface area (TPSA) is 49.9 Å². The fraction of sp³-hybridized carbons (Fsp3) is 0.310. The van der Waals surface area contributed by atoms with Gasteiger partial charge in [0, 0.05) is 12.1 Å². The lowest BCUT2D eigenvalue weighted by Gasteiger charge is -2.29. The van der Waals surface area contributed by atoms with Crippen LogP contribution in [0.4, 0.5) is 4.39 Å². The van der Waals surface area contributed by atoms with Gasteiger partial charge >= 0.3 is 5.97 Å². The quantitative estimate of drug-likeness (QED) is 0.481. The lowest BCUT2D eigenvalue weighted by atomic mass is 9.88. The normalized spacial score (nSPS) is 17.3. The largest absolute Gasteiger partial charge is 0.467 e. The van der Waals surface area contributed by atoms with Gasteiger partial charge in [-0.3, -0.25) is 4.79 Å². The first-order chi connectivity index (χ1) is 16.9. The van der Waals surface area contributed by atoms with Crippen molar-refractivity contribution in [1.29, 1.82) is 0 Å². The zero-order valence-corrected chi connectivity index (χ0v) is 20.0. The molecule has 1 fully saturated rings. The first-order valence-electron chi connectivity index (χ1n) is 12.0. The van der Waals surface area contributed by atoms with E-state index >= 15 is 0 Å². The summed E-state index contributed by atoms with van der Waals surface area (Å²) in [6, 6.07) is 19.2. The van der Waals surface area contributed by atoms with Crippen molar-refractivity contribution >= 4 is 11.9 Å². The zero-order chi connectivity index (χ0) is 24.5. The molecule has 1 atom stereocenters. The highest BCUT2D eigenvalue weighted by molar-refractivity contribution is 6.01. The third-order valence-corrected chi connectivity index (χ3v) is 7.28. The number of amides is 1. The monoisotopic (exact) mass is 472 g/mol. The molecular formula is C29H29FN2O3. The molecule has 2 aliphatic rings. The molecule has 2 aliphatic heterocycles. The van der Waals surface area contributed by atoms with Gasteiger partial charge in [0.1, 0.15) is 5.82 Å². The molecule has 5 nitrogen and oxygen atoms in total. The molecule has 3 aromatic carbocycles. The Bertz CT molecular complexity index is 1250. The van der Waals surface area contributed by atoms with E-state index in [-0.39, 0.29) is 12.5 Å². The van der Waals surface area contributed by atoms with Gasteiger partial charge in [0.05, 0.1) is 7.11 Å². The van der Waals surface area contributed by atoms with Crippen molar-refractivity contribution in [2.45, 2.75) is 31.3 Å². The van der Waals surface area contributed by atoms with Gasteiger partial charge in [-0.05, 0) is 84.9 Å². The van der Waals surface area contributed by atoms with Crippen LogP contribution in [0.1, 0.15) is 51.8 Å². The highest BCUT2D eigenvalue weighted by Crippen LogP contribution is 2.35. The highest BCUT2D eigenvalue weighted by atomic mass is 19.1. The molecule has 180 valence electrons. The fourth-order valence-electron chi connectivity index (χ4n) is 5.23. The van der Waals surface area contributed by atoms with Crippen LogP contribution < -0.4 is 0 Å². The number of nitrogens with zero attached hydrogens (tertiary/aromatic N) is 2. The van der Waals surface area contributed by atoms with Gasteiger partial charge in [-0.2, -0.15) is 0 Å². The van der Waals surface area contributed by atoms with E-state index in [1.54, 1.807) is 6.07 Å². The van der Waals surface area contributed by atoms with Gasteiger partial charge in [-0.15, -0.1) is 0 Å². The third kappa shape index (κ3) is 4.58. The number of benzene rings is 3. The van der Waals surface area contributed by atoms with Crippen LogP contribution in [0.2, 0.25) is 0 Å².